The van der Waals surface area contributed by atoms with Crippen molar-refractivity contribution in [3.05, 3.63) is 71.8 Å². The highest BCUT2D eigenvalue weighted by molar-refractivity contribution is 5.16. The molecule has 0 atom stereocenters. The minimum absolute atomic E-state index is 0.112. The zero-order chi connectivity index (χ0) is 17.1. The average molecular weight is 326 g/mol. The van der Waals surface area contributed by atoms with Crippen LogP contribution in [0.1, 0.15) is 24.0 Å². The van der Waals surface area contributed by atoms with Crippen LogP contribution in [0.25, 0.3) is 0 Å². The molecule has 0 amide bonds. The molecule has 2 aromatic carbocycles. The highest BCUT2D eigenvalue weighted by atomic mass is 14.9. The third kappa shape index (κ3) is 6.08. The Morgan fingerprint density at radius 3 is 1.67 bits per heavy atom. The molecule has 0 aliphatic carbocycles. The third-order valence-corrected chi connectivity index (χ3v) is 4.83. The van der Waals surface area contributed by atoms with E-state index in [9.17, 15) is 0 Å². The van der Waals surface area contributed by atoms with Gasteiger partial charge in [-0.1, -0.05) is 60.7 Å². The number of nitrogens with one attached hydrogen (secondary N) is 1. The molecule has 0 aliphatic heterocycles. The predicted octanol–water partition coefficient (Wildman–Crippen LogP) is 2.75. The van der Waals surface area contributed by atoms with Gasteiger partial charge in [0, 0.05) is 19.6 Å². The van der Waals surface area contributed by atoms with Gasteiger partial charge in [-0.15, -0.1) is 0 Å². The van der Waals surface area contributed by atoms with E-state index in [0.717, 1.165) is 38.8 Å². The van der Waals surface area contributed by atoms with Crippen LogP contribution in [0.4, 0.5) is 0 Å². The van der Waals surface area contributed by atoms with Crippen molar-refractivity contribution >= 4 is 0 Å². The number of benzene rings is 2. The van der Waals surface area contributed by atoms with E-state index in [1.54, 1.807) is 0 Å². The van der Waals surface area contributed by atoms with Gasteiger partial charge in [0.1, 0.15) is 0 Å². The van der Waals surface area contributed by atoms with Crippen LogP contribution in [0.3, 0.4) is 0 Å². The Morgan fingerprint density at radius 2 is 1.25 bits per heavy atom. The summed E-state index contributed by atoms with van der Waals surface area (Å²) >= 11 is 0. The van der Waals surface area contributed by atoms with Gasteiger partial charge in [-0.2, -0.15) is 0 Å². The first kappa shape index (κ1) is 18.7. The Balaban J connectivity index is 2.00. The minimum atomic E-state index is 0.112. The summed E-state index contributed by atoms with van der Waals surface area (Å²) in [5, 5.41) is 3.49. The van der Waals surface area contributed by atoms with E-state index in [2.05, 4.69) is 66.0 Å². The molecule has 2 rings (SSSR count). The maximum atomic E-state index is 6.25. The van der Waals surface area contributed by atoms with Crippen LogP contribution in [0.15, 0.2) is 60.7 Å². The monoisotopic (exact) mass is 325 g/mol. The summed E-state index contributed by atoms with van der Waals surface area (Å²) in [5.41, 5.74) is 14.8. The minimum Gasteiger partial charge on any atom is -0.330 e. The van der Waals surface area contributed by atoms with Gasteiger partial charge >= 0.3 is 0 Å². The summed E-state index contributed by atoms with van der Waals surface area (Å²) in [6, 6.07) is 21.4. The summed E-state index contributed by atoms with van der Waals surface area (Å²) in [4.78, 5) is 0. The maximum Gasteiger partial charge on any atom is 0.00747 e. The van der Waals surface area contributed by atoms with Crippen LogP contribution in [-0.4, -0.2) is 26.2 Å². The number of hydrogen-bond donors (Lipinski definition) is 3. The molecule has 0 bridgehead atoms. The van der Waals surface area contributed by atoms with Gasteiger partial charge in [0.15, 0.2) is 0 Å². The molecule has 0 aromatic heterocycles. The molecular weight excluding hydrogens is 294 g/mol. The molecule has 0 spiro atoms. The van der Waals surface area contributed by atoms with Crippen LogP contribution in [0.5, 0.6) is 0 Å². The smallest absolute Gasteiger partial charge is 0.00747 e. The van der Waals surface area contributed by atoms with E-state index in [0.29, 0.717) is 13.1 Å². The van der Waals surface area contributed by atoms with Crippen molar-refractivity contribution in [1.82, 2.24) is 5.32 Å². The van der Waals surface area contributed by atoms with Crippen molar-refractivity contribution in [2.75, 3.05) is 26.2 Å². The molecule has 130 valence electrons. The largest absolute Gasteiger partial charge is 0.330 e. The maximum absolute atomic E-state index is 6.25. The van der Waals surface area contributed by atoms with Crippen molar-refractivity contribution in [2.24, 2.45) is 16.9 Å². The van der Waals surface area contributed by atoms with Crippen LogP contribution in [-0.2, 0) is 12.8 Å². The summed E-state index contributed by atoms with van der Waals surface area (Å²) < 4.78 is 0. The van der Waals surface area contributed by atoms with Crippen LogP contribution in [0, 0.1) is 5.41 Å². The SMILES string of the molecule is NCCNCC(CN)(CCc1ccccc1)CCc1ccccc1. The van der Waals surface area contributed by atoms with Crippen LogP contribution in [0.2, 0.25) is 0 Å². The molecule has 0 saturated carbocycles. The second-order valence-corrected chi connectivity index (χ2v) is 6.64. The lowest BCUT2D eigenvalue weighted by atomic mass is 9.77. The Hall–Kier alpha value is -1.68. The van der Waals surface area contributed by atoms with Gasteiger partial charge in [0.05, 0.1) is 0 Å². The zero-order valence-corrected chi connectivity index (χ0v) is 14.6. The summed E-state index contributed by atoms with van der Waals surface area (Å²) in [6.07, 6.45) is 4.32. The molecule has 0 fully saturated rings. The van der Waals surface area contributed by atoms with E-state index in [-0.39, 0.29) is 5.41 Å². The van der Waals surface area contributed by atoms with Gasteiger partial charge in [0.2, 0.25) is 0 Å². The molecule has 24 heavy (non-hydrogen) atoms. The van der Waals surface area contributed by atoms with Crippen LogP contribution < -0.4 is 16.8 Å². The Morgan fingerprint density at radius 1 is 0.750 bits per heavy atom. The van der Waals surface area contributed by atoms with Gasteiger partial charge in [-0.05, 0) is 48.8 Å². The normalized spacial score (nSPS) is 11.6. The number of nitrogens with two attached hydrogens (primary N) is 2. The lowest BCUT2D eigenvalue weighted by Gasteiger charge is -2.33. The second kappa shape index (κ2) is 10.2. The Bertz CT molecular complexity index is 510. The highest BCUT2D eigenvalue weighted by Crippen LogP contribution is 2.29. The van der Waals surface area contributed by atoms with Crippen molar-refractivity contribution in [2.45, 2.75) is 25.7 Å². The first-order valence-electron chi connectivity index (χ1n) is 8.97. The van der Waals surface area contributed by atoms with E-state index in [1.807, 2.05) is 0 Å². The first-order chi connectivity index (χ1) is 11.8. The van der Waals surface area contributed by atoms with Crippen molar-refractivity contribution in [3.63, 3.8) is 0 Å². The number of aryl methyl sites for hydroxylation is 2. The lowest BCUT2D eigenvalue weighted by Crippen LogP contribution is -2.42. The molecule has 0 heterocycles. The van der Waals surface area contributed by atoms with Gasteiger partial charge in [-0.3, -0.25) is 0 Å². The van der Waals surface area contributed by atoms with E-state index >= 15 is 0 Å². The highest BCUT2D eigenvalue weighted by Gasteiger charge is 2.27. The average Bonchev–Trinajstić information content (AvgIpc) is 2.65. The zero-order valence-electron chi connectivity index (χ0n) is 14.6. The molecular formula is C21H31N3. The Kier molecular flexibility index (Phi) is 7.96. The molecule has 0 unspecified atom stereocenters. The molecule has 3 nitrogen and oxygen atoms in total. The first-order valence-corrected chi connectivity index (χ1v) is 8.97. The fourth-order valence-corrected chi connectivity index (χ4v) is 3.14. The molecule has 0 radical (unpaired) electrons. The lowest BCUT2D eigenvalue weighted by molar-refractivity contribution is 0.239. The molecule has 0 aliphatic rings. The molecule has 5 N–H and O–H groups in total. The van der Waals surface area contributed by atoms with E-state index in [4.69, 9.17) is 11.5 Å². The van der Waals surface area contributed by atoms with E-state index in [1.165, 1.54) is 11.1 Å². The predicted molar refractivity (Wildman–Crippen MR) is 103 cm³/mol. The third-order valence-electron chi connectivity index (χ3n) is 4.83. The quantitative estimate of drug-likeness (QED) is 0.557. The second-order valence-electron chi connectivity index (χ2n) is 6.64. The van der Waals surface area contributed by atoms with Crippen molar-refractivity contribution in [1.29, 1.82) is 0 Å². The molecule has 2 aromatic rings. The summed E-state index contributed by atoms with van der Waals surface area (Å²) in [5.74, 6) is 0. The van der Waals surface area contributed by atoms with Crippen molar-refractivity contribution < 1.29 is 0 Å². The summed E-state index contributed by atoms with van der Waals surface area (Å²) in [6.45, 7) is 3.14. The van der Waals surface area contributed by atoms with Gasteiger partial charge < -0.3 is 16.8 Å². The van der Waals surface area contributed by atoms with Gasteiger partial charge in [0.25, 0.3) is 0 Å². The van der Waals surface area contributed by atoms with Crippen LogP contribution >= 0.6 is 0 Å². The number of hydrogen-bond acceptors (Lipinski definition) is 3. The fourth-order valence-electron chi connectivity index (χ4n) is 3.14. The van der Waals surface area contributed by atoms with E-state index < -0.39 is 0 Å². The van der Waals surface area contributed by atoms with Crippen molar-refractivity contribution in [3.8, 4) is 0 Å². The number of rotatable bonds is 11. The van der Waals surface area contributed by atoms with Gasteiger partial charge in [-0.25, -0.2) is 0 Å². The standard InChI is InChI=1S/C21H31N3/c22-15-16-24-18-21(17-23,13-11-19-7-3-1-4-8-19)14-12-20-9-5-2-6-10-20/h1-10,24H,11-18,22-23H2. The topological polar surface area (TPSA) is 64.1 Å². The summed E-state index contributed by atoms with van der Waals surface area (Å²) in [7, 11) is 0. The Labute approximate surface area is 146 Å². The fraction of sp³-hybridized carbons (Fsp3) is 0.429. The molecule has 0 saturated heterocycles. The molecule has 3 heteroatoms.